The fourth-order valence-corrected chi connectivity index (χ4v) is 1.23. The minimum Gasteiger partial charge on any atom is -0.325 e. The lowest BCUT2D eigenvalue weighted by Gasteiger charge is -2.09. The third-order valence-electron chi connectivity index (χ3n) is 1.78. The predicted molar refractivity (Wildman–Crippen MR) is 63.1 cm³/mol. The number of nitrogens with one attached hydrogen (secondary N) is 1. The zero-order chi connectivity index (χ0) is 10.6. The summed E-state index contributed by atoms with van der Waals surface area (Å²) >= 11 is 9.91. The normalized spacial score (nSPS) is 12.2. The Morgan fingerprint density at radius 2 is 2.36 bits per heavy atom. The molecule has 14 heavy (non-hydrogen) atoms. The zero-order valence-electron chi connectivity index (χ0n) is 7.83. The number of amides is 1. The van der Waals surface area contributed by atoms with Gasteiger partial charge in [0, 0.05) is 10.7 Å². The molecule has 0 aromatic heterocycles. The Kier molecular flexibility index (Phi) is 4.29. The number of hydrogen-bond acceptors (Lipinski definition) is 2. The first-order valence-electron chi connectivity index (χ1n) is 4.38. The lowest BCUT2D eigenvalue weighted by atomic mass is 10.3. The highest BCUT2D eigenvalue weighted by Crippen LogP contribution is 2.15. The molecule has 0 spiro atoms. The summed E-state index contributed by atoms with van der Waals surface area (Å²) in [5.74, 6) is -0.0990. The molecule has 0 heterocycles. The molecule has 1 N–H and O–H groups in total. The molecule has 0 aliphatic heterocycles. The van der Waals surface area contributed by atoms with Gasteiger partial charge in [0.2, 0.25) is 5.91 Å². The van der Waals surface area contributed by atoms with Crippen LogP contribution in [0, 0.1) is 0 Å². The number of carbonyl (C=O) groups excluding carboxylic acids is 1. The van der Waals surface area contributed by atoms with Crippen LogP contribution in [-0.2, 0) is 4.79 Å². The van der Waals surface area contributed by atoms with Crippen LogP contribution in [0.4, 0.5) is 5.69 Å². The molecule has 1 unspecified atom stereocenters. The number of carbonyl (C=O) groups is 1. The van der Waals surface area contributed by atoms with E-state index in [2.05, 4.69) is 17.9 Å². The standard InChI is InChI=1S/C10H12ClNOS/c1-2-9(14)10(13)12-8-5-3-4-7(11)6-8/h3-6,9,14H,2H2,1H3,(H,12,13). The number of rotatable bonds is 3. The Morgan fingerprint density at radius 1 is 1.64 bits per heavy atom. The Labute approximate surface area is 94.1 Å². The van der Waals surface area contributed by atoms with E-state index < -0.39 is 0 Å². The molecule has 0 radical (unpaired) electrons. The second kappa shape index (κ2) is 5.27. The van der Waals surface area contributed by atoms with E-state index >= 15 is 0 Å². The molecule has 1 aromatic carbocycles. The van der Waals surface area contributed by atoms with Crippen LogP contribution >= 0.6 is 24.2 Å². The predicted octanol–water partition coefficient (Wildman–Crippen LogP) is 2.99. The summed E-state index contributed by atoms with van der Waals surface area (Å²) in [6.07, 6.45) is 0.704. The molecule has 76 valence electrons. The average molecular weight is 230 g/mol. The topological polar surface area (TPSA) is 29.1 Å². The summed E-state index contributed by atoms with van der Waals surface area (Å²) in [6, 6.07) is 7.04. The van der Waals surface area contributed by atoms with Crippen LogP contribution < -0.4 is 5.32 Å². The van der Waals surface area contributed by atoms with E-state index in [1.807, 2.05) is 6.92 Å². The van der Waals surface area contributed by atoms with E-state index in [0.29, 0.717) is 17.1 Å². The maximum absolute atomic E-state index is 11.4. The van der Waals surface area contributed by atoms with Crippen molar-refractivity contribution in [2.24, 2.45) is 0 Å². The van der Waals surface area contributed by atoms with Crippen molar-refractivity contribution in [1.29, 1.82) is 0 Å². The van der Waals surface area contributed by atoms with E-state index in [9.17, 15) is 4.79 Å². The van der Waals surface area contributed by atoms with E-state index in [0.717, 1.165) is 0 Å². The smallest absolute Gasteiger partial charge is 0.237 e. The summed E-state index contributed by atoms with van der Waals surface area (Å²) in [5, 5.41) is 3.07. The Hall–Kier alpha value is -0.670. The summed E-state index contributed by atoms with van der Waals surface area (Å²) in [7, 11) is 0. The number of hydrogen-bond donors (Lipinski definition) is 2. The van der Waals surface area contributed by atoms with Crippen LogP contribution in [0.5, 0.6) is 0 Å². The highest BCUT2D eigenvalue weighted by molar-refractivity contribution is 7.81. The van der Waals surface area contributed by atoms with Gasteiger partial charge in [0.1, 0.15) is 0 Å². The summed E-state index contributed by atoms with van der Waals surface area (Å²) in [4.78, 5) is 11.4. The van der Waals surface area contributed by atoms with Crippen LogP contribution in [0.1, 0.15) is 13.3 Å². The quantitative estimate of drug-likeness (QED) is 0.767. The summed E-state index contributed by atoms with van der Waals surface area (Å²) < 4.78 is 0. The Bertz CT molecular complexity index is 330. The molecular weight excluding hydrogens is 218 g/mol. The molecule has 0 aliphatic carbocycles. The maximum atomic E-state index is 11.4. The van der Waals surface area contributed by atoms with Crippen LogP contribution in [0.25, 0.3) is 0 Å². The van der Waals surface area contributed by atoms with Crippen LogP contribution in [0.3, 0.4) is 0 Å². The van der Waals surface area contributed by atoms with Crippen molar-refractivity contribution in [3.05, 3.63) is 29.3 Å². The molecule has 0 aliphatic rings. The highest BCUT2D eigenvalue weighted by atomic mass is 35.5. The molecule has 0 saturated carbocycles. The molecule has 0 saturated heterocycles. The fraction of sp³-hybridized carbons (Fsp3) is 0.300. The van der Waals surface area contributed by atoms with Gasteiger partial charge in [-0.05, 0) is 24.6 Å². The van der Waals surface area contributed by atoms with Crippen LogP contribution in [0.15, 0.2) is 24.3 Å². The van der Waals surface area contributed by atoms with Gasteiger partial charge in [-0.2, -0.15) is 12.6 Å². The minimum atomic E-state index is -0.269. The van der Waals surface area contributed by atoms with E-state index in [-0.39, 0.29) is 11.2 Å². The van der Waals surface area contributed by atoms with E-state index in [4.69, 9.17) is 11.6 Å². The summed E-state index contributed by atoms with van der Waals surface area (Å²) in [5.41, 5.74) is 0.704. The van der Waals surface area contributed by atoms with Crippen LogP contribution in [-0.4, -0.2) is 11.2 Å². The van der Waals surface area contributed by atoms with Gasteiger partial charge in [-0.25, -0.2) is 0 Å². The second-order valence-corrected chi connectivity index (χ2v) is 3.98. The first kappa shape index (κ1) is 11.4. The first-order valence-corrected chi connectivity index (χ1v) is 5.27. The third-order valence-corrected chi connectivity index (χ3v) is 2.62. The number of halogens is 1. The van der Waals surface area contributed by atoms with Crippen molar-refractivity contribution in [1.82, 2.24) is 0 Å². The van der Waals surface area contributed by atoms with Gasteiger partial charge in [-0.1, -0.05) is 24.6 Å². The van der Waals surface area contributed by atoms with Gasteiger partial charge in [0.25, 0.3) is 0 Å². The average Bonchev–Trinajstić information content (AvgIpc) is 2.16. The number of anilines is 1. The van der Waals surface area contributed by atoms with E-state index in [1.54, 1.807) is 24.3 Å². The third kappa shape index (κ3) is 3.24. The molecular formula is C10H12ClNOS. The van der Waals surface area contributed by atoms with Crippen molar-refractivity contribution in [2.75, 3.05) is 5.32 Å². The molecule has 1 rings (SSSR count). The van der Waals surface area contributed by atoms with Gasteiger partial charge in [0.05, 0.1) is 5.25 Å². The molecule has 4 heteroatoms. The van der Waals surface area contributed by atoms with Gasteiger partial charge >= 0.3 is 0 Å². The largest absolute Gasteiger partial charge is 0.325 e. The Balaban J connectivity index is 2.65. The van der Waals surface area contributed by atoms with Gasteiger partial charge in [0.15, 0.2) is 0 Å². The molecule has 1 atom stereocenters. The minimum absolute atomic E-state index is 0.0990. The molecule has 1 aromatic rings. The molecule has 0 fully saturated rings. The second-order valence-electron chi connectivity index (χ2n) is 2.92. The van der Waals surface area contributed by atoms with E-state index in [1.165, 1.54) is 0 Å². The monoisotopic (exact) mass is 229 g/mol. The lowest BCUT2D eigenvalue weighted by molar-refractivity contribution is -0.115. The SMILES string of the molecule is CCC(S)C(=O)Nc1cccc(Cl)c1. The lowest BCUT2D eigenvalue weighted by Crippen LogP contribution is -2.22. The van der Waals surface area contributed by atoms with Crippen molar-refractivity contribution < 1.29 is 4.79 Å². The van der Waals surface area contributed by atoms with Crippen molar-refractivity contribution in [2.45, 2.75) is 18.6 Å². The first-order chi connectivity index (χ1) is 6.63. The van der Waals surface area contributed by atoms with Crippen LogP contribution in [0.2, 0.25) is 5.02 Å². The zero-order valence-corrected chi connectivity index (χ0v) is 9.48. The maximum Gasteiger partial charge on any atom is 0.237 e. The van der Waals surface area contributed by atoms with Crippen molar-refractivity contribution in [3.8, 4) is 0 Å². The molecule has 0 bridgehead atoms. The highest BCUT2D eigenvalue weighted by Gasteiger charge is 2.10. The van der Waals surface area contributed by atoms with Gasteiger partial charge < -0.3 is 5.32 Å². The molecule has 2 nitrogen and oxygen atoms in total. The van der Waals surface area contributed by atoms with Gasteiger partial charge in [-0.3, -0.25) is 4.79 Å². The van der Waals surface area contributed by atoms with Crippen molar-refractivity contribution in [3.63, 3.8) is 0 Å². The van der Waals surface area contributed by atoms with Gasteiger partial charge in [-0.15, -0.1) is 0 Å². The Morgan fingerprint density at radius 3 is 2.93 bits per heavy atom. The van der Waals surface area contributed by atoms with Crippen molar-refractivity contribution >= 4 is 35.8 Å². The number of thiol groups is 1. The molecule has 1 amide bonds. The fourth-order valence-electron chi connectivity index (χ4n) is 0.977. The summed E-state index contributed by atoms with van der Waals surface area (Å²) in [6.45, 7) is 1.91. The number of benzene rings is 1.